The largest absolute Gasteiger partial charge is 0.348 e. The Morgan fingerprint density at radius 1 is 1.03 bits per heavy atom. The van der Waals surface area contributed by atoms with Crippen molar-refractivity contribution in [2.45, 2.75) is 59.5 Å². The molecule has 0 saturated heterocycles. The number of sulfonamides is 1. The van der Waals surface area contributed by atoms with Gasteiger partial charge in [0, 0.05) is 0 Å². The normalized spacial score (nSPS) is 13.6. The summed E-state index contributed by atoms with van der Waals surface area (Å²) in [4.78, 5) is 13.1. The number of nitrogens with one attached hydrogen (secondary N) is 1. The molecule has 29 heavy (non-hydrogen) atoms. The van der Waals surface area contributed by atoms with Crippen LogP contribution in [0.1, 0.15) is 55.5 Å². The van der Waals surface area contributed by atoms with Gasteiger partial charge < -0.3 is 5.32 Å². The van der Waals surface area contributed by atoms with E-state index in [1.807, 2.05) is 58.0 Å². The van der Waals surface area contributed by atoms with Crippen molar-refractivity contribution in [1.29, 1.82) is 0 Å². The Kier molecular flexibility index (Phi) is 7.47. The van der Waals surface area contributed by atoms with Gasteiger partial charge in [-0.2, -0.15) is 0 Å². The van der Waals surface area contributed by atoms with Crippen molar-refractivity contribution in [3.63, 3.8) is 0 Å². The van der Waals surface area contributed by atoms with Crippen molar-refractivity contribution in [3.05, 3.63) is 64.7 Å². The first-order chi connectivity index (χ1) is 13.6. The summed E-state index contributed by atoms with van der Waals surface area (Å²) in [6.07, 6.45) is 2.47. The number of anilines is 1. The summed E-state index contributed by atoms with van der Waals surface area (Å²) in [5.74, 6) is -0.302. The summed E-state index contributed by atoms with van der Waals surface area (Å²) in [6, 6.07) is 12.7. The molecule has 6 heteroatoms. The average Bonchev–Trinajstić information content (AvgIpc) is 2.63. The van der Waals surface area contributed by atoms with E-state index in [4.69, 9.17) is 0 Å². The highest BCUT2D eigenvalue weighted by molar-refractivity contribution is 7.92. The van der Waals surface area contributed by atoms with Gasteiger partial charge in [0.1, 0.15) is 6.04 Å². The molecule has 158 valence electrons. The lowest BCUT2D eigenvalue weighted by Gasteiger charge is -2.31. The first-order valence-electron chi connectivity index (χ1n) is 10.0. The number of hydrogen-bond acceptors (Lipinski definition) is 3. The van der Waals surface area contributed by atoms with E-state index in [-0.39, 0.29) is 11.9 Å². The van der Waals surface area contributed by atoms with Crippen LogP contribution in [0.3, 0.4) is 0 Å². The molecule has 0 aliphatic carbocycles. The minimum absolute atomic E-state index is 0.219. The first-order valence-corrected chi connectivity index (χ1v) is 11.9. The van der Waals surface area contributed by atoms with Crippen LogP contribution in [0.25, 0.3) is 0 Å². The fourth-order valence-corrected chi connectivity index (χ4v) is 4.77. The molecular weight excluding hydrogens is 384 g/mol. The standard InChI is InChI=1S/C23H32N2O3S/c1-7-19-9-11-20(12-10-19)18(5)24-23(26)22(8-2)25(29(6,27)28)21-14-16(3)13-17(4)15-21/h9-15,18,22H,7-8H2,1-6H3,(H,24,26)/t18-,22+/m1/s1. The second-order valence-electron chi connectivity index (χ2n) is 7.65. The van der Waals surface area contributed by atoms with Gasteiger partial charge in [-0.3, -0.25) is 9.10 Å². The quantitative estimate of drug-likeness (QED) is 0.698. The predicted molar refractivity (Wildman–Crippen MR) is 120 cm³/mol. The van der Waals surface area contributed by atoms with Gasteiger partial charge in [0.25, 0.3) is 0 Å². The molecule has 0 aliphatic rings. The van der Waals surface area contributed by atoms with Crippen LogP contribution >= 0.6 is 0 Å². The van der Waals surface area contributed by atoms with Crippen LogP contribution in [0.4, 0.5) is 5.69 Å². The fraction of sp³-hybridized carbons (Fsp3) is 0.435. The van der Waals surface area contributed by atoms with Gasteiger partial charge in [-0.1, -0.05) is 44.2 Å². The minimum atomic E-state index is -3.64. The average molecular weight is 417 g/mol. The van der Waals surface area contributed by atoms with E-state index in [1.54, 1.807) is 12.1 Å². The Morgan fingerprint density at radius 3 is 2.03 bits per heavy atom. The maximum Gasteiger partial charge on any atom is 0.244 e. The number of benzene rings is 2. The maximum absolute atomic E-state index is 13.1. The number of hydrogen-bond donors (Lipinski definition) is 1. The van der Waals surface area contributed by atoms with Crippen LogP contribution < -0.4 is 9.62 Å². The highest BCUT2D eigenvalue weighted by Gasteiger charge is 2.32. The molecule has 0 saturated carbocycles. The Hall–Kier alpha value is -2.34. The number of amides is 1. The monoisotopic (exact) mass is 416 g/mol. The van der Waals surface area contributed by atoms with E-state index in [0.29, 0.717) is 12.1 Å². The van der Waals surface area contributed by atoms with Gasteiger partial charge in [0.15, 0.2) is 0 Å². The molecule has 0 radical (unpaired) electrons. The second-order valence-corrected chi connectivity index (χ2v) is 9.51. The molecule has 5 nitrogen and oxygen atoms in total. The zero-order valence-electron chi connectivity index (χ0n) is 18.2. The van der Waals surface area contributed by atoms with Gasteiger partial charge in [-0.15, -0.1) is 0 Å². The van der Waals surface area contributed by atoms with Crippen molar-refractivity contribution in [1.82, 2.24) is 5.32 Å². The summed E-state index contributed by atoms with van der Waals surface area (Å²) in [5.41, 5.74) is 4.65. The molecule has 0 spiro atoms. The van der Waals surface area contributed by atoms with Crippen molar-refractivity contribution >= 4 is 21.6 Å². The van der Waals surface area contributed by atoms with Gasteiger partial charge in [-0.25, -0.2) is 8.42 Å². The highest BCUT2D eigenvalue weighted by atomic mass is 32.2. The zero-order chi connectivity index (χ0) is 21.8. The SMILES string of the molecule is CCc1ccc([C@@H](C)NC(=O)[C@H](CC)N(c2cc(C)cc(C)c2)S(C)(=O)=O)cc1. The molecule has 1 N–H and O–H groups in total. The van der Waals surface area contributed by atoms with Crippen LogP contribution in [0.15, 0.2) is 42.5 Å². The topological polar surface area (TPSA) is 66.5 Å². The molecule has 0 unspecified atom stereocenters. The van der Waals surface area contributed by atoms with E-state index in [2.05, 4.69) is 12.2 Å². The lowest BCUT2D eigenvalue weighted by Crippen LogP contribution is -2.49. The van der Waals surface area contributed by atoms with Crippen molar-refractivity contribution in [2.75, 3.05) is 10.6 Å². The van der Waals surface area contributed by atoms with Crippen LogP contribution in [-0.4, -0.2) is 26.6 Å². The van der Waals surface area contributed by atoms with Crippen LogP contribution in [0.2, 0.25) is 0 Å². The molecule has 0 heterocycles. The Labute approximate surface area is 175 Å². The van der Waals surface area contributed by atoms with E-state index < -0.39 is 16.1 Å². The molecule has 2 aromatic rings. The molecule has 0 aromatic heterocycles. The molecule has 1 amide bonds. The zero-order valence-corrected chi connectivity index (χ0v) is 19.0. The predicted octanol–water partition coefficient (Wildman–Crippen LogP) is 4.29. The number of carbonyl (C=O) groups excluding carboxylic acids is 1. The van der Waals surface area contributed by atoms with Gasteiger partial charge >= 0.3 is 0 Å². The van der Waals surface area contributed by atoms with Crippen molar-refractivity contribution in [2.24, 2.45) is 0 Å². The molecule has 2 rings (SSSR count). The lowest BCUT2D eigenvalue weighted by molar-refractivity contribution is -0.122. The smallest absolute Gasteiger partial charge is 0.244 e. The first kappa shape index (κ1) is 22.9. The molecule has 0 aliphatic heterocycles. The molecule has 0 fully saturated rings. The molecule has 0 bridgehead atoms. The lowest BCUT2D eigenvalue weighted by atomic mass is 10.0. The van der Waals surface area contributed by atoms with E-state index in [1.165, 1.54) is 9.87 Å². The number of nitrogens with zero attached hydrogens (tertiary/aromatic N) is 1. The summed E-state index contributed by atoms with van der Waals surface area (Å²) >= 11 is 0. The van der Waals surface area contributed by atoms with Crippen LogP contribution in [0, 0.1) is 13.8 Å². The maximum atomic E-state index is 13.1. The van der Waals surface area contributed by atoms with E-state index in [0.717, 1.165) is 29.4 Å². The fourth-order valence-electron chi connectivity index (χ4n) is 3.57. The highest BCUT2D eigenvalue weighted by Crippen LogP contribution is 2.26. The van der Waals surface area contributed by atoms with Gasteiger partial charge in [-0.05, 0) is 68.0 Å². The Morgan fingerprint density at radius 2 is 1.59 bits per heavy atom. The summed E-state index contributed by atoms with van der Waals surface area (Å²) in [5, 5.41) is 2.99. The Bertz CT molecular complexity index is 932. The van der Waals surface area contributed by atoms with Crippen LogP contribution in [-0.2, 0) is 21.2 Å². The summed E-state index contributed by atoms with van der Waals surface area (Å²) in [6.45, 7) is 9.66. The van der Waals surface area contributed by atoms with Gasteiger partial charge in [0.05, 0.1) is 18.0 Å². The minimum Gasteiger partial charge on any atom is -0.348 e. The third kappa shape index (κ3) is 5.82. The Balaban J connectivity index is 2.32. The summed E-state index contributed by atoms with van der Waals surface area (Å²) in [7, 11) is -3.64. The number of carbonyl (C=O) groups is 1. The number of aryl methyl sites for hydroxylation is 3. The van der Waals surface area contributed by atoms with E-state index in [9.17, 15) is 13.2 Å². The third-order valence-corrected chi connectivity index (χ3v) is 6.22. The summed E-state index contributed by atoms with van der Waals surface area (Å²) < 4.78 is 26.5. The number of rotatable bonds is 8. The van der Waals surface area contributed by atoms with Gasteiger partial charge in [0.2, 0.25) is 15.9 Å². The van der Waals surface area contributed by atoms with E-state index >= 15 is 0 Å². The van der Waals surface area contributed by atoms with Crippen molar-refractivity contribution in [3.8, 4) is 0 Å². The third-order valence-electron chi connectivity index (χ3n) is 5.04. The molecular formula is C23H32N2O3S. The molecule has 2 aromatic carbocycles. The molecule has 2 atom stereocenters. The van der Waals surface area contributed by atoms with Crippen molar-refractivity contribution < 1.29 is 13.2 Å². The second kappa shape index (κ2) is 9.44. The van der Waals surface area contributed by atoms with Crippen LogP contribution in [0.5, 0.6) is 0 Å².